The summed E-state index contributed by atoms with van der Waals surface area (Å²) in [7, 11) is 3.16. The van der Waals surface area contributed by atoms with Crippen LogP contribution in [0.3, 0.4) is 0 Å². The van der Waals surface area contributed by atoms with Crippen molar-refractivity contribution in [3.8, 4) is 11.5 Å². The Labute approximate surface area is 286 Å². The number of hydrogen-bond acceptors (Lipinski definition) is 11. The van der Waals surface area contributed by atoms with Crippen LogP contribution in [-0.2, 0) is 30.8 Å². The molecular weight excluding hydrogens is 638 g/mol. The number of amides is 3. The van der Waals surface area contributed by atoms with Gasteiger partial charge in [0.15, 0.2) is 35.7 Å². The number of nitrogens with one attached hydrogen (secondary N) is 1. The quantitative estimate of drug-likeness (QED) is 0.166. The number of aliphatic hydroxyl groups is 1. The summed E-state index contributed by atoms with van der Waals surface area (Å²) < 4.78 is 36.5. The number of anilines is 2. The molecule has 0 spiro atoms. The summed E-state index contributed by atoms with van der Waals surface area (Å²) in [5, 5.41) is 12.8. The predicted molar refractivity (Wildman–Crippen MR) is 177 cm³/mol. The van der Waals surface area contributed by atoms with E-state index in [1.54, 1.807) is 41.8 Å². The van der Waals surface area contributed by atoms with Gasteiger partial charge in [0, 0.05) is 45.5 Å². The fourth-order valence-electron chi connectivity index (χ4n) is 6.31. The average molecular weight is 686 g/mol. The molecule has 0 bridgehead atoms. The molecule has 15 heteroatoms. The van der Waals surface area contributed by atoms with Gasteiger partial charge in [0.25, 0.3) is 5.91 Å². The van der Waals surface area contributed by atoms with Gasteiger partial charge in [0.2, 0.25) is 12.2 Å². The number of aromatic nitrogens is 2. The Morgan fingerprint density at radius 2 is 2.02 bits per heavy atom. The predicted octanol–water partition coefficient (Wildman–Crippen LogP) is 4.26. The highest BCUT2D eigenvalue weighted by Crippen LogP contribution is 2.42. The number of rotatable bonds is 14. The fraction of sp³-hybridized carbons (Fsp3) is 0.588. The lowest BCUT2D eigenvalue weighted by Gasteiger charge is -2.42. The number of hydrogen-bond donors (Lipinski definition) is 2. The second kappa shape index (κ2) is 17.0. The summed E-state index contributed by atoms with van der Waals surface area (Å²) in [6, 6.07) is 2.74. The molecule has 15 nitrogen and oxygen atoms in total. The van der Waals surface area contributed by atoms with Gasteiger partial charge >= 0.3 is 6.09 Å². The van der Waals surface area contributed by atoms with Crippen LogP contribution in [0.5, 0.6) is 11.5 Å². The molecule has 2 saturated heterocycles. The SMILES string of the molecule is C=CCOC(=O)N1c2cc(OCCCC(=O)Nc3cn(C)c(C(O)OCC)n3)c(OC)cc2C(=O)N2CCCC[C@H]2C1OC1CCCCO1. The van der Waals surface area contributed by atoms with E-state index < -0.39 is 30.9 Å². The minimum Gasteiger partial charge on any atom is -0.493 e. The molecule has 4 heterocycles. The Morgan fingerprint density at radius 3 is 2.76 bits per heavy atom. The van der Waals surface area contributed by atoms with Gasteiger partial charge < -0.3 is 48.3 Å². The molecule has 3 aliphatic heterocycles. The van der Waals surface area contributed by atoms with Crippen molar-refractivity contribution >= 4 is 29.4 Å². The first-order valence-corrected chi connectivity index (χ1v) is 16.9. The van der Waals surface area contributed by atoms with Gasteiger partial charge in [-0.15, -0.1) is 0 Å². The molecular formula is C34H47N5O10. The Balaban J connectivity index is 1.36. The molecule has 3 aliphatic rings. The summed E-state index contributed by atoms with van der Waals surface area (Å²) in [5.41, 5.74) is 0.522. The third-order valence-corrected chi connectivity index (χ3v) is 8.65. The molecule has 3 amide bonds. The number of imidazole rings is 1. The van der Waals surface area contributed by atoms with E-state index in [-0.39, 0.29) is 60.1 Å². The number of ether oxygens (including phenoxy) is 6. The molecule has 5 rings (SSSR count). The van der Waals surface area contributed by atoms with E-state index in [4.69, 9.17) is 28.4 Å². The summed E-state index contributed by atoms with van der Waals surface area (Å²) in [5.74, 6) is 0.596. The number of benzene rings is 1. The molecule has 49 heavy (non-hydrogen) atoms. The number of piperidine rings is 1. The maximum atomic E-state index is 14.1. The van der Waals surface area contributed by atoms with E-state index in [0.717, 1.165) is 25.7 Å². The lowest BCUT2D eigenvalue weighted by Crippen LogP contribution is -2.57. The van der Waals surface area contributed by atoms with Crippen LogP contribution >= 0.6 is 0 Å². The Morgan fingerprint density at radius 1 is 1.20 bits per heavy atom. The summed E-state index contributed by atoms with van der Waals surface area (Å²) in [6.45, 7) is 6.89. The van der Waals surface area contributed by atoms with Crippen molar-refractivity contribution in [2.75, 3.05) is 50.3 Å². The smallest absolute Gasteiger partial charge is 0.416 e. The number of carbonyl (C=O) groups excluding carboxylic acids is 3. The fourth-order valence-corrected chi connectivity index (χ4v) is 6.31. The molecule has 2 N–H and O–H groups in total. The first kappa shape index (κ1) is 36.1. The molecule has 0 radical (unpaired) electrons. The van der Waals surface area contributed by atoms with Crippen LogP contribution in [0.4, 0.5) is 16.3 Å². The van der Waals surface area contributed by atoms with Gasteiger partial charge in [-0.25, -0.2) is 14.7 Å². The zero-order valence-electron chi connectivity index (χ0n) is 28.4. The Bertz CT molecular complexity index is 1480. The number of aryl methyl sites for hydroxylation is 1. The van der Waals surface area contributed by atoms with Crippen molar-refractivity contribution in [3.63, 3.8) is 0 Å². The average Bonchev–Trinajstić information content (AvgIpc) is 3.44. The van der Waals surface area contributed by atoms with Crippen molar-refractivity contribution in [1.82, 2.24) is 14.5 Å². The second-order valence-electron chi connectivity index (χ2n) is 12.0. The number of carbonyl (C=O) groups is 3. The van der Waals surface area contributed by atoms with E-state index >= 15 is 0 Å². The van der Waals surface area contributed by atoms with Gasteiger partial charge in [-0.3, -0.25) is 9.59 Å². The Kier molecular flexibility index (Phi) is 12.5. The topological polar surface area (TPSA) is 163 Å². The third kappa shape index (κ3) is 8.52. The second-order valence-corrected chi connectivity index (χ2v) is 12.0. The number of nitrogens with zero attached hydrogens (tertiary/aromatic N) is 4. The van der Waals surface area contributed by atoms with E-state index in [2.05, 4.69) is 16.9 Å². The van der Waals surface area contributed by atoms with Crippen molar-refractivity contribution < 1.29 is 47.9 Å². The van der Waals surface area contributed by atoms with Gasteiger partial charge in [-0.05, 0) is 57.9 Å². The van der Waals surface area contributed by atoms with Gasteiger partial charge in [0.1, 0.15) is 6.61 Å². The van der Waals surface area contributed by atoms with Crippen molar-refractivity contribution in [1.29, 1.82) is 0 Å². The number of methoxy groups -OCH3 is 1. The lowest BCUT2D eigenvalue weighted by atomic mass is 10.00. The highest BCUT2D eigenvalue weighted by molar-refractivity contribution is 6.06. The Hall–Kier alpha value is -4.18. The van der Waals surface area contributed by atoms with Gasteiger partial charge in [-0.2, -0.15) is 0 Å². The lowest BCUT2D eigenvalue weighted by molar-refractivity contribution is -0.198. The molecule has 268 valence electrons. The van der Waals surface area contributed by atoms with Crippen LogP contribution in [0.2, 0.25) is 0 Å². The zero-order valence-corrected chi connectivity index (χ0v) is 28.4. The van der Waals surface area contributed by atoms with Gasteiger partial charge in [0.05, 0.1) is 31.0 Å². The maximum Gasteiger partial charge on any atom is 0.416 e. The van der Waals surface area contributed by atoms with Crippen LogP contribution in [0.1, 0.15) is 80.8 Å². The number of aliphatic hydroxyl groups excluding tert-OH is 1. The van der Waals surface area contributed by atoms with Crippen LogP contribution in [-0.4, -0.2) is 96.1 Å². The molecule has 2 aromatic rings. The van der Waals surface area contributed by atoms with Crippen molar-refractivity contribution in [2.45, 2.75) is 83.1 Å². The van der Waals surface area contributed by atoms with E-state index in [0.29, 0.717) is 44.8 Å². The molecule has 4 atom stereocenters. The standard InChI is InChI=1S/C34H47N5O10/c1-5-16-48-34(43)39-24-20-26(46-18-11-13-28(40)35-27-21-37(3)30(36-27)33(42)45-6-2)25(44-4)19-22(24)31(41)38-15-9-7-12-23(38)32(39)49-29-14-8-10-17-47-29/h5,19-21,23,29,32-33,42H,1,6-18H2,2-4H3,(H,35,40)/t23-,29?,32?,33?/m0/s1. The summed E-state index contributed by atoms with van der Waals surface area (Å²) in [4.78, 5) is 48.0. The molecule has 1 aromatic heterocycles. The van der Waals surface area contributed by atoms with E-state index in [1.807, 2.05) is 0 Å². The first-order valence-electron chi connectivity index (χ1n) is 16.9. The summed E-state index contributed by atoms with van der Waals surface area (Å²) in [6.07, 6.45) is 5.04. The van der Waals surface area contributed by atoms with Crippen molar-refractivity contribution in [3.05, 3.63) is 42.4 Å². The summed E-state index contributed by atoms with van der Waals surface area (Å²) >= 11 is 0. The van der Waals surface area contributed by atoms with Crippen LogP contribution < -0.4 is 19.7 Å². The van der Waals surface area contributed by atoms with Crippen LogP contribution in [0, 0.1) is 0 Å². The largest absolute Gasteiger partial charge is 0.493 e. The first-order chi connectivity index (χ1) is 23.7. The van der Waals surface area contributed by atoms with Crippen molar-refractivity contribution in [2.24, 2.45) is 7.05 Å². The minimum absolute atomic E-state index is 0.0336. The maximum absolute atomic E-state index is 14.1. The molecule has 3 unspecified atom stereocenters. The molecule has 2 fully saturated rings. The van der Waals surface area contributed by atoms with Gasteiger partial charge in [-0.1, -0.05) is 12.7 Å². The zero-order chi connectivity index (χ0) is 34.9. The highest BCUT2D eigenvalue weighted by atomic mass is 16.7. The molecule has 0 saturated carbocycles. The monoisotopic (exact) mass is 685 g/mol. The molecule has 1 aromatic carbocycles. The highest BCUT2D eigenvalue weighted by Gasteiger charge is 2.46. The van der Waals surface area contributed by atoms with E-state index in [9.17, 15) is 19.5 Å². The normalized spacial score (nSPS) is 21.2. The van der Waals surface area contributed by atoms with Crippen LogP contribution in [0.15, 0.2) is 31.0 Å². The third-order valence-electron chi connectivity index (χ3n) is 8.65. The van der Waals surface area contributed by atoms with Crippen LogP contribution in [0.25, 0.3) is 0 Å². The van der Waals surface area contributed by atoms with E-state index in [1.165, 1.54) is 18.1 Å². The number of fused-ring (bicyclic) bond motifs is 2. The minimum atomic E-state index is -1.20. The molecule has 0 aliphatic carbocycles.